The van der Waals surface area contributed by atoms with Crippen molar-refractivity contribution in [1.82, 2.24) is 4.90 Å². The molecule has 1 heterocycles. The summed E-state index contributed by atoms with van der Waals surface area (Å²) in [5.74, 6) is -0.440. The van der Waals surface area contributed by atoms with Gasteiger partial charge in [-0.25, -0.2) is 14.2 Å². The number of piperazine rings is 1. The summed E-state index contributed by atoms with van der Waals surface area (Å²) in [6, 6.07) is 21.5. The van der Waals surface area contributed by atoms with Gasteiger partial charge in [0, 0.05) is 37.6 Å². The number of guanidine groups is 1. The standard InChI is InChI=1S/C26H27FN4O2/c1-19-2-4-20(5-3-19)18-28-26(29-23-10-6-21(7-11-23)25(32)33)31-16-14-30(15-17-31)24-12-8-22(27)9-13-24/h2-13H,14-18H2,1H3,(H,28,29)(H,32,33). The van der Waals surface area contributed by atoms with Crippen molar-refractivity contribution < 1.29 is 14.3 Å². The average molecular weight is 447 g/mol. The Morgan fingerprint density at radius 3 is 2.18 bits per heavy atom. The predicted octanol–water partition coefficient (Wildman–Crippen LogP) is 4.62. The molecule has 6 nitrogen and oxygen atoms in total. The van der Waals surface area contributed by atoms with Gasteiger partial charge in [0.2, 0.25) is 0 Å². The molecule has 0 unspecified atom stereocenters. The molecule has 33 heavy (non-hydrogen) atoms. The molecule has 170 valence electrons. The fourth-order valence-electron chi connectivity index (χ4n) is 3.73. The van der Waals surface area contributed by atoms with Crippen LogP contribution in [0.5, 0.6) is 0 Å². The number of nitrogens with zero attached hydrogens (tertiary/aromatic N) is 3. The van der Waals surface area contributed by atoms with Crippen LogP contribution < -0.4 is 10.2 Å². The Bertz CT molecular complexity index is 1100. The van der Waals surface area contributed by atoms with E-state index in [1.807, 2.05) is 0 Å². The highest BCUT2D eigenvalue weighted by Crippen LogP contribution is 2.18. The van der Waals surface area contributed by atoms with Crippen LogP contribution >= 0.6 is 0 Å². The first-order chi connectivity index (χ1) is 16.0. The van der Waals surface area contributed by atoms with Crippen LogP contribution in [0.2, 0.25) is 0 Å². The zero-order chi connectivity index (χ0) is 23.2. The van der Waals surface area contributed by atoms with E-state index in [1.165, 1.54) is 17.7 Å². The number of anilines is 2. The molecule has 0 aliphatic carbocycles. The predicted molar refractivity (Wildman–Crippen MR) is 130 cm³/mol. The lowest BCUT2D eigenvalue weighted by atomic mass is 10.1. The molecule has 1 aliphatic rings. The van der Waals surface area contributed by atoms with Crippen molar-refractivity contribution in [1.29, 1.82) is 0 Å². The second-order valence-corrected chi connectivity index (χ2v) is 8.08. The Kier molecular flexibility index (Phi) is 6.88. The molecule has 1 aliphatic heterocycles. The maximum atomic E-state index is 13.3. The topological polar surface area (TPSA) is 68.2 Å². The van der Waals surface area contributed by atoms with Crippen LogP contribution in [0.1, 0.15) is 21.5 Å². The van der Waals surface area contributed by atoms with Gasteiger partial charge < -0.3 is 20.2 Å². The first-order valence-electron chi connectivity index (χ1n) is 10.9. The van der Waals surface area contributed by atoms with E-state index in [2.05, 4.69) is 46.3 Å². The molecule has 0 bridgehead atoms. The maximum Gasteiger partial charge on any atom is 0.335 e. The van der Waals surface area contributed by atoms with Gasteiger partial charge in [-0.2, -0.15) is 0 Å². The first kappa shape index (κ1) is 22.3. The SMILES string of the molecule is Cc1ccc(CN=C(Nc2ccc(C(=O)O)cc2)N2CCN(c3ccc(F)cc3)CC2)cc1. The van der Waals surface area contributed by atoms with Gasteiger partial charge in [-0.1, -0.05) is 29.8 Å². The molecule has 0 spiro atoms. The molecular formula is C26H27FN4O2. The molecular weight excluding hydrogens is 419 g/mol. The third kappa shape index (κ3) is 5.88. The van der Waals surface area contributed by atoms with E-state index in [0.29, 0.717) is 6.54 Å². The van der Waals surface area contributed by atoms with Gasteiger partial charge >= 0.3 is 5.97 Å². The monoisotopic (exact) mass is 446 g/mol. The summed E-state index contributed by atoms with van der Waals surface area (Å²) in [7, 11) is 0. The number of hydrogen-bond donors (Lipinski definition) is 2. The normalized spacial score (nSPS) is 14.3. The van der Waals surface area contributed by atoms with E-state index in [-0.39, 0.29) is 11.4 Å². The van der Waals surface area contributed by atoms with Crippen LogP contribution in [0.3, 0.4) is 0 Å². The number of carboxylic acids is 1. The highest BCUT2D eigenvalue weighted by molar-refractivity contribution is 5.95. The summed E-state index contributed by atoms with van der Waals surface area (Å²) in [4.78, 5) is 20.4. The van der Waals surface area contributed by atoms with Crippen LogP contribution in [-0.4, -0.2) is 48.1 Å². The molecule has 2 N–H and O–H groups in total. The average Bonchev–Trinajstić information content (AvgIpc) is 2.84. The van der Waals surface area contributed by atoms with E-state index in [1.54, 1.807) is 36.4 Å². The van der Waals surface area contributed by atoms with Gasteiger partial charge in [-0.05, 0) is 61.0 Å². The summed E-state index contributed by atoms with van der Waals surface area (Å²) in [5, 5.41) is 12.5. The lowest BCUT2D eigenvalue weighted by Crippen LogP contribution is -2.50. The zero-order valence-electron chi connectivity index (χ0n) is 18.5. The molecule has 0 saturated carbocycles. The Balaban J connectivity index is 1.49. The number of rotatable bonds is 5. The number of aryl methyl sites for hydroxylation is 1. The summed E-state index contributed by atoms with van der Waals surface area (Å²) >= 11 is 0. The Morgan fingerprint density at radius 2 is 1.58 bits per heavy atom. The second kappa shape index (κ2) is 10.2. The molecule has 3 aromatic rings. The number of aromatic carboxylic acids is 1. The molecule has 7 heteroatoms. The van der Waals surface area contributed by atoms with E-state index >= 15 is 0 Å². The molecule has 0 radical (unpaired) electrons. The smallest absolute Gasteiger partial charge is 0.335 e. The van der Waals surface area contributed by atoms with Crippen LogP contribution in [0.25, 0.3) is 0 Å². The van der Waals surface area contributed by atoms with Crippen LogP contribution in [0.15, 0.2) is 77.8 Å². The van der Waals surface area contributed by atoms with Crippen molar-refractivity contribution in [3.05, 3.63) is 95.3 Å². The Hall–Kier alpha value is -3.87. The lowest BCUT2D eigenvalue weighted by Gasteiger charge is -2.37. The van der Waals surface area contributed by atoms with Gasteiger partial charge in [0.25, 0.3) is 0 Å². The molecule has 1 saturated heterocycles. The van der Waals surface area contributed by atoms with Crippen LogP contribution in [0, 0.1) is 12.7 Å². The lowest BCUT2D eigenvalue weighted by molar-refractivity contribution is 0.0697. The largest absolute Gasteiger partial charge is 0.478 e. The molecule has 0 aromatic heterocycles. The zero-order valence-corrected chi connectivity index (χ0v) is 18.5. The molecule has 0 atom stereocenters. The molecule has 0 amide bonds. The number of carbonyl (C=O) groups is 1. The minimum atomic E-state index is -0.952. The number of benzene rings is 3. The summed E-state index contributed by atoms with van der Waals surface area (Å²) < 4.78 is 13.3. The third-order valence-electron chi connectivity index (χ3n) is 5.69. The molecule has 1 fully saturated rings. The van der Waals surface area contributed by atoms with Crippen molar-refractivity contribution in [3.8, 4) is 0 Å². The third-order valence-corrected chi connectivity index (χ3v) is 5.69. The Labute approximate surface area is 193 Å². The van der Waals surface area contributed by atoms with E-state index in [0.717, 1.165) is 49.1 Å². The first-order valence-corrected chi connectivity index (χ1v) is 10.9. The maximum absolute atomic E-state index is 13.3. The fourth-order valence-corrected chi connectivity index (χ4v) is 3.73. The highest BCUT2D eigenvalue weighted by Gasteiger charge is 2.20. The van der Waals surface area contributed by atoms with Crippen molar-refractivity contribution in [2.45, 2.75) is 13.5 Å². The van der Waals surface area contributed by atoms with Gasteiger partial charge in [-0.15, -0.1) is 0 Å². The van der Waals surface area contributed by atoms with Gasteiger partial charge in [0.05, 0.1) is 12.1 Å². The number of carboxylic acid groups (broad SMARTS) is 1. The fraction of sp³-hybridized carbons (Fsp3) is 0.231. The molecule has 3 aromatic carbocycles. The minimum absolute atomic E-state index is 0.235. The molecule has 4 rings (SSSR count). The van der Waals surface area contributed by atoms with Crippen LogP contribution in [0.4, 0.5) is 15.8 Å². The number of halogens is 1. The minimum Gasteiger partial charge on any atom is -0.478 e. The Morgan fingerprint density at radius 1 is 0.939 bits per heavy atom. The van der Waals surface area contributed by atoms with Crippen molar-refractivity contribution in [2.24, 2.45) is 4.99 Å². The highest BCUT2D eigenvalue weighted by atomic mass is 19.1. The quantitative estimate of drug-likeness (QED) is 0.442. The van der Waals surface area contributed by atoms with Crippen LogP contribution in [-0.2, 0) is 6.54 Å². The second-order valence-electron chi connectivity index (χ2n) is 8.08. The van der Waals surface area contributed by atoms with E-state index in [4.69, 9.17) is 10.1 Å². The van der Waals surface area contributed by atoms with E-state index in [9.17, 15) is 9.18 Å². The number of nitrogens with one attached hydrogen (secondary N) is 1. The number of hydrogen-bond acceptors (Lipinski definition) is 3. The summed E-state index contributed by atoms with van der Waals surface area (Å²) in [6.45, 7) is 5.67. The van der Waals surface area contributed by atoms with Gasteiger partial charge in [0.15, 0.2) is 5.96 Å². The number of aliphatic imine (C=N–C) groups is 1. The van der Waals surface area contributed by atoms with Gasteiger partial charge in [0.1, 0.15) is 5.82 Å². The van der Waals surface area contributed by atoms with Gasteiger partial charge in [-0.3, -0.25) is 0 Å². The van der Waals surface area contributed by atoms with E-state index < -0.39 is 5.97 Å². The summed E-state index contributed by atoms with van der Waals surface area (Å²) in [6.07, 6.45) is 0. The van der Waals surface area contributed by atoms with Crippen molar-refractivity contribution in [2.75, 3.05) is 36.4 Å². The summed E-state index contributed by atoms with van der Waals surface area (Å²) in [5.41, 5.74) is 4.35. The van der Waals surface area contributed by atoms with Crippen molar-refractivity contribution in [3.63, 3.8) is 0 Å². The van der Waals surface area contributed by atoms with Crippen molar-refractivity contribution >= 4 is 23.3 Å².